The molecular formula is C18H19N. The summed E-state index contributed by atoms with van der Waals surface area (Å²) in [4.78, 5) is 2.36. The molecule has 0 bridgehead atoms. The van der Waals surface area contributed by atoms with Crippen molar-refractivity contribution in [3.8, 4) is 11.1 Å². The molecule has 0 amide bonds. The summed E-state index contributed by atoms with van der Waals surface area (Å²) in [7, 11) is 2.18. The molecule has 1 aliphatic heterocycles. The zero-order chi connectivity index (χ0) is 13.1. The van der Waals surface area contributed by atoms with Gasteiger partial charge in [-0.1, -0.05) is 60.7 Å². The van der Waals surface area contributed by atoms with Gasteiger partial charge in [0.2, 0.25) is 0 Å². The SMILES string of the molecule is CN1CC=C(c2ccccc2-c2ccccc2)CC1. The highest BCUT2D eigenvalue weighted by molar-refractivity contribution is 5.81. The molecule has 0 aromatic heterocycles. The molecular weight excluding hydrogens is 230 g/mol. The van der Waals surface area contributed by atoms with Crippen LogP contribution < -0.4 is 0 Å². The third-order valence-electron chi connectivity index (χ3n) is 3.77. The Morgan fingerprint density at radius 2 is 1.53 bits per heavy atom. The van der Waals surface area contributed by atoms with Gasteiger partial charge in [0.05, 0.1) is 0 Å². The Kier molecular flexibility index (Phi) is 3.47. The number of hydrogen-bond donors (Lipinski definition) is 0. The maximum Gasteiger partial charge on any atom is 0.0166 e. The van der Waals surface area contributed by atoms with Crippen molar-refractivity contribution >= 4 is 5.57 Å². The first-order valence-corrected chi connectivity index (χ1v) is 6.87. The molecule has 1 nitrogen and oxygen atoms in total. The number of rotatable bonds is 2. The van der Waals surface area contributed by atoms with Crippen LogP contribution in [-0.2, 0) is 0 Å². The molecule has 0 saturated carbocycles. The maximum absolute atomic E-state index is 2.37. The van der Waals surface area contributed by atoms with Gasteiger partial charge in [0.25, 0.3) is 0 Å². The standard InChI is InChI=1S/C18H19N/c1-19-13-11-16(12-14-19)18-10-6-5-9-17(18)15-7-3-2-4-8-15/h2-11H,12-14H2,1H3. The summed E-state index contributed by atoms with van der Waals surface area (Å²) in [6.07, 6.45) is 3.51. The summed E-state index contributed by atoms with van der Waals surface area (Å²) in [6.45, 7) is 2.20. The van der Waals surface area contributed by atoms with E-state index in [9.17, 15) is 0 Å². The molecule has 19 heavy (non-hydrogen) atoms. The smallest absolute Gasteiger partial charge is 0.0166 e. The van der Waals surface area contributed by atoms with Crippen LogP contribution in [0.15, 0.2) is 60.7 Å². The Bertz CT molecular complexity index is 584. The van der Waals surface area contributed by atoms with Crippen LogP contribution in [0.25, 0.3) is 16.7 Å². The zero-order valence-corrected chi connectivity index (χ0v) is 11.3. The summed E-state index contributed by atoms with van der Waals surface area (Å²) >= 11 is 0. The zero-order valence-electron chi connectivity index (χ0n) is 11.3. The van der Waals surface area contributed by atoms with Crippen LogP contribution in [0.3, 0.4) is 0 Å². The van der Waals surface area contributed by atoms with Crippen LogP contribution in [0, 0.1) is 0 Å². The normalized spacial score (nSPS) is 16.2. The van der Waals surface area contributed by atoms with E-state index in [-0.39, 0.29) is 0 Å². The third-order valence-corrected chi connectivity index (χ3v) is 3.77. The molecule has 0 saturated heterocycles. The minimum atomic E-state index is 1.05. The Morgan fingerprint density at radius 3 is 2.21 bits per heavy atom. The van der Waals surface area contributed by atoms with Gasteiger partial charge < -0.3 is 4.90 Å². The Balaban J connectivity index is 2.03. The van der Waals surface area contributed by atoms with E-state index in [0.29, 0.717) is 0 Å². The van der Waals surface area contributed by atoms with Crippen molar-refractivity contribution in [2.45, 2.75) is 6.42 Å². The van der Waals surface area contributed by atoms with Crippen molar-refractivity contribution in [2.75, 3.05) is 20.1 Å². The molecule has 1 heterocycles. The highest BCUT2D eigenvalue weighted by Crippen LogP contribution is 2.31. The summed E-state index contributed by atoms with van der Waals surface area (Å²) in [5, 5.41) is 0. The first kappa shape index (κ1) is 12.2. The molecule has 0 atom stereocenters. The average Bonchev–Trinajstić information content (AvgIpc) is 2.49. The highest BCUT2D eigenvalue weighted by Gasteiger charge is 2.13. The minimum absolute atomic E-state index is 1.05. The number of hydrogen-bond acceptors (Lipinski definition) is 1. The van der Waals surface area contributed by atoms with Gasteiger partial charge in [-0.2, -0.15) is 0 Å². The van der Waals surface area contributed by atoms with Crippen LogP contribution in [-0.4, -0.2) is 25.0 Å². The van der Waals surface area contributed by atoms with Crippen LogP contribution >= 0.6 is 0 Å². The quantitative estimate of drug-likeness (QED) is 0.775. The molecule has 0 fully saturated rings. The molecule has 0 N–H and O–H groups in total. The van der Waals surface area contributed by atoms with Gasteiger partial charge in [-0.05, 0) is 35.7 Å². The lowest BCUT2D eigenvalue weighted by molar-refractivity contribution is 0.370. The summed E-state index contributed by atoms with van der Waals surface area (Å²) in [5.41, 5.74) is 5.52. The molecule has 96 valence electrons. The van der Waals surface area contributed by atoms with Crippen molar-refractivity contribution in [2.24, 2.45) is 0 Å². The number of nitrogens with zero attached hydrogens (tertiary/aromatic N) is 1. The number of likely N-dealkylation sites (N-methyl/N-ethyl adjacent to an activating group) is 1. The first-order valence-electron chi connectivity index (χ1n) is 6.87. The Labute approximate surface area is 115 Å². The molecule has 0 unspecified atom stereocenters. The molecule has 1 aliphatic rings. The van der Waals surface area contributed by atoms with Crippen molar-refractivity contribution in [3.05, 3.63) is 66.2 Å². The second-order valence-corrected chi connectivity index (χ2v) is 5.15. The van der Waals surface area contributed by atoms with E-state index in [1.165, 1.54) is 22.3 Å². The fourth-order valence-corrected chi connectivity index (χ4v) is 2.65. The second kappa shape index (κ2) is 5.41. The van der Waals surface area contributed by atoms with Gasteiger partial charge in [-0.25, -0.2) is 0 Å². The minimum Gasteiger partial charge on any atom is -0.302 e. The van der Waals surface area contributed by atoms with Gasteiger partial charge >= 0.3 is 0 Å². The lowest BCUT2D eigenvalue weighted by atomic mass is 9.91. The van der Waals surface area contributed by atoms with Gasteiger partial charge in [0.15, 0.2) is 0 Å². The largest absolute Gasteiger partial charge is 0.302 e. The topological polar surface area (TPSA) is 3.24 Å². The molecule has 3 rings (SSSR count). The number of benzene rings is 2. The lowest BCUT2D eigenvalue weighted by Crippen LogP contribution is -2.23. The van der Waals surface area contributed by atoms with Gasteiger partial charge in [-0.3, -0.25) is 0 Å². The Morgan fingerprint density at radius 1 is 0.842 bits per heavy atom. The van der Waals surface area contributed by atoms with E-state index in [2.05, 4.69) is 72.6 Å². The van der Waals surface area contributed by atoms with Gasteiger partial charge in [-0.15, -0.1) is 0 Å². The molecule has 2 aromatic rings. The molecule has 2 aromatic carbocycles. The van der Waals surface area contributed by atoms with Crippen molar-refractivity contribution in [1.29, 1.82) is 0 Å². The average molecular weight is 249 g/mol. The van der Waals surface area contributed by atoms with Crippen molar-refractivity contribution in [1.82, 2.24) is 4.90 Å². The molecule has 0 aliphatic carbocycles. The van der Waals surface area contributed by atoms with Crippen molar-refractivity contribution < 1.29 is 0 Å². The highest BCUT2D eigenvalue weighted by atomic mass is 15.1. The van der Waals surface area contributed by atoms with Crippen LogP contribution in [0.2, 0.25) is 0 Å². The Hall–Kier alpha value is -1.86. The van der Waals surface area contributed by atoms with Crippen LogP contribution in [0.4, 0.5) is 0 Å². The van der Waals surface area contributed by atoms with Crippen LogP contribution in [0.5, 0.6) is 0 Å². The lowest BCUT2D eigenvalue weighted by Gasteiger charge is -2.23. The fraction of sp³-hybridized carbons (Fsp3) is 0.222. The van der Waals surface area contributed by atoms with Crippen molar-refractivity contribution in [3.63, 3.8) is 0 Å². The van der Waals surface area contributed by atoms with E-state index in [0.717, 1.165) is 19.5 Å². The van der Waals surface area contributed by atoms with E-state index in [1.807, 2.05) is 0 Å². The van der Waals surface area contributed by atoms with E-state index in [4.69, 9.17) is 0 Å². The summed E-state index contributed by atoms with van der Waals surface area (Å²) < 4.78 is 0. The predicted molar refractivity (Wildman–Crippen MR) is 82.0 cm³/mol. The maximum atomic E-state index is 2.37. The molecule has 0 spiro atoms. The summed E-state index contributed by atoms with van der Waals surface area (Å²) in [6, 6.07) is 19.4. The fourth-order valence-electron chi connectivity index (χ4n) is 2.65. The van der Waals surface area contributed by atoms with E-state index < -0.39 is 0 Å². The predicted octanol–water partition coefficient (Wildman–Crippen LogP) is 4.07. The third kappa shape index (κ3) is 2.61. The van der Waals surface area contributed by atoms with Gasteiger partial charge in [0.1, 0.15) is 0 Å². The second-order valence-electron chi connectivity index (χ2n) is 5.15. The molecule has 0 radical (unpaired) electrons. The first-order chi connectivity index (χ1) is 9.34. The van der Waals surface area contributed by atoms with E-state index >= 15 is 0 Å². The molecule has 1 heteroatoms. The van der Waals surface area contributed by atoms with Crippen LogP contribution in [0.1, 0.15) is 12.0 Å². The monoisotopic (exact) mass is 249 g/mol. The summed E-state index contributed by atoms with van der Waals surface area (Å²) in [5.74, 6) is 0. The van der Waals surface area contributed by atoms with E-state index in [1.54, 1.807) is 0 Å². The van der Waals surface area contributed by atoms with Gasteiger partial charge in [0, 0.05) is 13.1 Å².